The Bertz CT molecular complexity index is 1530. The first kappa shape index (κ1) is 17.5. The van der Waals surface area contributed by atoms with Gasteiger partial charge in [0.15, 0.2) is 0 Å². The molecule has 0 spiro atoms. The van der Waals surface area contributed by atoms with Crippen LogP contribution in [0, 0.1) is 0 Å². The molecule has 6 rings (SSSR count). The number of fused-ring (bicyclic) bond motifs is 5. The lowest BCUT2D eigenvalue weighted by atomic mass is 10.0. The van der Waals surface area contributed by atoms with E-state index in [4.69, 9.17) is 0 Å². The molecular weight excluding hydrogens is 430 g/mol. The number of para-hydroxylation sites is 1. The minimum Gasteiger partial charge on any atom is -0.309 e. The molecule has 0 aliphatic heterocycles. The van der Waals surface area contributed by atoms with E-state index in [9.17, 15) is 0 Å². The Morgan fingerprint density at radius 2 is 1.27 bits per heavy atom. The molecule has 0 fully saturated rings. The van der Waals surface area contributed by atoms with E-state index in [1.165, 1.54) is 49.4 Å². The summed E-state index contributed by atoms with van der Waals surface area (Å²) in [6.07, 6.45) is 0. The van der Waals surface area contributed by atoms with Gasteiger partial charge in [0, 0.05) is 20.9 Å². The highest BCUT2D eigenvalue weighted by Gasteiger charge is 2.14. The number of aromatic nitrogens is 1. The fourth-order valence-electron chi connectivity index (χ4n) is 4.48. The van der Waals surface area contributed by atoms with Crippen LogP contribution in [0.2, 0.25) is 0 Å². The minimum atomic E-state index is 1.11. The fourth-order valence-corrected chi connectivity index (χ4v) is 4.86. The molecule has 0 aliphatic rings. The number of nitrogens with zero attached hydrogens (tertiary/aromatic N) is 1. The van der Waals surface area contributed by atoms with Gasteiger partial charge >= 0.3 is 0 Å². The third-order valence-corrected chi connectivity index (χ3v) is 6.34. The van der Waals surface area contributed by atoms with E-state index in [0.29, 0.717) is 0 Å². The van der Waals surface area contributed by atoms with E-state index < -0.39 is 0 Å². The first-order valence-electron chi connectivity index (χ1n) is 10.1. The third kappa shape index (κ3) is 2.68. The first-order valence-corrected chi connectivity index (χ1v) is 10.9. The summed E-state index contributed by atoms with van der Waals surface area (Å²) in [5.74, 6) is 0. The molecule has 5 aromatic carbocycles. The van der Waals surface area contributed by atoms with Crippen molar-refractivity contribution in [2.24, 2.45) is 0 Å². The van der Waals surface area contributed by atoms with E-state index in [1.54, 1.807) is 0 Å². The van der Waals surface area contributed by atoms with Gasteiger partial charge < -0.3 is 4.57 Å². The van der Waals surface area contributed by atoms with Crippen molar-refractivity contribution in [2.75, 3.05) is 0 Å². The molecule has 142 valence electrons. The van der Waals surface area contributed by atoms with Crippen LogP contribution in [0.1, 0.15) is 0 Å². The Hall–Kier alpha value is -3.36. The van der Waals surface area contributed by atoms with E-state index in [0.717, 1.165) is 4.47 Å². The molecule has 0 bridgehead atoms. The standard InChI is InChI=1S/C28H18BrN/c29-22-13-16-24-21(18-22)12-17-27-28(24)25-8-4-5-9-26(25)30(27)23-14-10-20(11-15-23)19-6-2-1-3-7-19/h1-18H. The summed E-state index contributed by atoms with van der Waals surface area (Å²) in [6.45, 7) is 0. The van der Waals surface area contributed by atoms with Gasteiger partial charge in [-0.1, -0.05) is 88.7 Å². The van der Waals surface area contributed by atoms with Crippen LogP contribution in [-0.4, -0.2) is 4.57 Å². The smallest absolute Gasteiger partial charge is 0.0547 e. The predicted octanol–water partition coefficient (Wildman–Crippen LogP) is 8.37. The maximum atomic E-state index is 3.61. The number of halogens is 1. The molecule has 0 aliphatic carbocycles. The summed E-state index contributed by atoms with van der Waals surface area (Å²) < 4.78 is 3.48. The second-order valence-electron chi connectivity index (χ2n) is 7.59. The largest absolute Gasteiger partial charge is 0.309 e. The van der Waals surface area contributed by atoms with Gasteiger partial charge in [0.25, 0.3) is 0 Å². The second kappa shape index (κ2) is 6.86. The number of hydrogen-bond acceptors (Lipinski definition) is 0. The Morgan fingerprint density at radius 1 is 0.533 bits per heavy atom. The maximum absolute atomic E-state index is 3.61. The van der Waals surface area contributed by atoms with E-state index >= 15 is 0 Å². The Morgan fingerprint density at radius 3 is 2.10 bits per heavy atom. The van der Waals surface area contributed by atoms with Crippen LogP contribution in [0.4, 0.5) is 0 Å². The molecule has 1 nitrogen and oxygen atoms in total. The zero-order valence-electron chi connectivity index (χ0n) is 16.2. The van der Waals surface area contributed by atoms with Crippen LogP contribution in [0.5, 0.6) is 0 Å². The third-order valence-electron chi connectivity index (χ3n) is 5.85. The highest BCUT2D eigenvalue weighted by atomic mass is 79.9. The lowest BCUT2D eigenvalue weighted by Crippen LogP contribution is -1.93. The van der Waals surface area contributed by atoms with Crippen molar-refractivity contribution in [2.45, 2.75) is 0 Å². The van der Waals surface area contributed by atoms with Crippen LogP contribution in [-0.2, 0) is 0 Å². The van der Waals surface area contributed by atoms with Crippen molar-refractivity contribution in [3.8, 4) is 16.8 Å². The molecule has 0 saturated heterocycles. The predicted molar refractivity (Wildman–Crippen MR) is 131 cm³/mol. The van der Waals surface area contributed by atoms with Crippen molar-refractivity contribution in [3.63, 3.8) is 0 Å². The molecule has 0 unspecified atom stereocenters. The maximum Gasteiger partial charge on any atom is 0.0547 e. The summed E-state index contributed by atoms with van der Waals surface area (Å²) in [7, 11) is 0. The summed E-state index contributed by atoms with van der Waals surface area (Å²) >= 11 is 3.61. The molecule has 0 amide bonds. The van der Waals surface area contributed by atoms with Gasteiger partial charge in [0.05, 0.1) is 11.0 Å². The summed E-state index contributed by atoms with van der Waals surface area (Å²) in [5, 5.41) is 5.13. The average Bonchev–Trinajstić information content (AvgIpc) is 3.14. The van der Waals surface area contributed by atoms with Crippen LogP contribution in [0.25, 0.3) is 49.4 Å². The first-order chi connectivity index (χ1) is 14.8. The van der Waals surface area contributed by atoms with Crippen molar-refractivity contribution in [1.29, 1.82) is 0 Å². The number of rotatable bonds is 2. The van der Waals surface area contributed by atoms with Gasteiger partial charge in [-0.05, 0) is 58.3 Å². The summed E-state index contributed by atoms with van der Waals surface area (Å²) in [5.41, 5.74) is 6.12. The van der Waals surface area contributed by atoms with Crippen LogP contribution in [0.15, 0.2) is 114 Å². The Kier molecular flexibility index (Phi) is 4.00. The Labute approximate surface area is 183 Å². The number of benzene rings is 5. The van der Waals surface area contributed by atoms with Crippen LogP contribution < -0.4 is 0 Å². The van der Waals surface area contributed by atoms with Crippen molar-refractivity contribution < 1.29 is 0 Å². The SMILES string of the molecule is Brc1ccc2c(ccc3c2c2ccccc2n3-c2ccc(-c3ccccc3)cc2)c1. The van der Waals surface area contributed by atoms with Gasteiger partial charge in [-0.25, -0.2) is 0 Å². The van der Waals surface area contributed by atoms with Gasteiger partial charge in [-0.3, -0.25) is 0 Å². The van der Waals surface area contributed by atoms with Crippen molar-refractivity contribution in [3.05, 3.63) is 114 Å². The quantitative estimate of drug-likeness (QED) is 0.251. The molecule has 30 heavy (non-hydrogen) atoms. The van der Waals surface area contributed by atoms with E-state index in [1.807, 2.05) is 0 Å². The van der Waals surface area contributed by atoms with Gasteiger partial charge in [-0.2, -0.15) is 0 Å². The fraction of sp³-hybridized carbons (Fsp3) is 0. The molecule has 0 saturated carbocycles. The second-order valence-corrected chi connectivity index (χ2v) is 8.51. The lowest BCUT2D eigenvalue weighted by molar-refractivity contribution is 1.18. The van der Waals surface area contributed by atoms with Crippen molar-refractivity contribution >= 4 is 48.5 Å². The molecule has 0 atom stereocenters. The van der Waals surface area contributed by atoms with Gasteiger partial charge in [0.1, 0.15) is 0 Å². The summed E-state index contributed by atoms with van der Waals surface area (Å²) in [6, 6.07) is 39.1. The van der Waals surface area contributed by atoms with Gasteiger partial charge in [-0.15, -0.1) is 0 Å². The molecule has 0 radical (unpaired) electrons. The lowest BCUT2D eigenvalue weighted by Gasteiger charge is -2.10. The molecule has 1 aromatic heterocycles. The zero-order chi connectivity index (χ0) is 20.1. The molecule has 0 N–H and O–H groups in total. The van der Waals surface area contributed by atoms with E-state index in [-0.39, 0.29) is 0 Å². The topological polar surface area (TPSA) is 4.93 Å². The number of hydrogen-bond donors (Lipinski definition) is 0. The van der Waals surface area contributed by atoms with Crippen molar-refractivity contribution in [1.82, 2.24) is 4.57 Å². The van der Waals surface area contributed by atoms with Crippen LogP contribution in [0.3, 0.4) is 0 Å². The normalized spacial score (nSPS) is 11.5. The molecular formula is C28H18BrN. The summed E-state index contributed by atoms with van der Waals surface area (Å²) in [4.78, 5) is 0. The molecule has 1 heterocycles. The molecule has 6 aromatic rings. The highest BCUT2D eigenvalue weighted by molar-refractivity contribution is 9.10. The Balaban J connectivity index is 1.63. The van der Waals surface area contributed by atoms with Crippen LogP contribution >= 0.6 is 15.9 Å². The average molecular weight is 448 g/mol. The van der Waals surface area contributed by atoms with Gasteiger partial charge in [0.2, 0.25) is 0 Å². The molecule has 2 heteroatoms. The monoisotopic (exact) mass is 447 g/mol. The minimum absolute atomic E-state index is 1.11. The zero-order valence-corrected chi connectivity index (χ0v) is 17.8. The van der Waals surface area contributed by atoms with E-state index in [2.05, 4.69) is 130 Å². The highest BCUT2D eigenvalue weighted by Crippen LogP contribution is 2.37.